The van der Waals surface area contributed by atoms with E-state index in [1.807, 2.05) is 60.8 Å². The van der Waals surface area contributed by atoms with E-state index in [2.05, 4.69) is 21.8 Å². The normalized spacial score (nSPS) is 12.1. The second-order valence-electron chi connectivity index (χ2n) is 7.73. The van der Waals surface area contributed by atoms with E-state index in [9.17, 15) is 9.90 Å². The van der Waals surface area contributed by atoms with E-state index < -0.39 is 12.0 Å². The van der Waals surface area contributed by atoms with Gasteiger partial charge in [-0.3, -0.25) is 4.79 Å². The topological polar surface area (TPSA) is 67.2 Å². The first-order chi connectivity index (χ1) is 15.1. The Balaban J connectivity index is 1.69. The van der Waals surface area contributed by atoms with E-state index in [4.69, 9.17) is 11.6 Å². The Morgan fingerprint density at radius 3 is 2.58 bits per heavy atom. The van der Waals surface area contributed by atoms with Crippen molar-refractivity contribution >= 4 is 17.6 Å². The van der Waals surface area contributed by atoms with Crippen LogP contribution in [0.5, 0.6) is 0 Å². The maximum Gasteiger partial charge on any atom is 0.321 e. The van der Waals surface area contributed by atoms with E-state index in [0.717, 1.165) is 46.9 Å². The zero-order chi connectivity index (χ0) is 22.1. The lowest BCUT2D eigenvalue weighted by atomic mass is 10.1. The van der Waals surface area contributed by atoms with Crippen molar-refractivity contribution in [2.45, 2.75) is 51.6 Å². The third kappa shape index (κ3) is 6.68. The van der Waals surface area contributed by atoms with Gasteiger partial charge in [0.25, 0.3) is 0 Å². The van der Waals surface area contributed by atoms with Gasteiger partial charge in [0.2, 0.25) is 0 Å². The summed E-state index contributed by atoms with van der Waals surface area (Å²) in [4.78, 5) is 16.4. The molecular weight excluding hydrogens is 410 g/mol. The molecule has 1 unspecified atom stereocenters. The van der Waals surface area contributed by atoms with Gasteiger partial charge in [0.1, 0.15) is 11.9 Å². The largest absolute Gasteiger partial charge is 0.480 e. The summed E-state index contributed by atoms with van der Waals surface area (Å²) < 4.78 is 2.23. The minimum atomic E-state index is -0.836. The molecule has 3 aromatic rings. The van der Waals surface area contributed by atoms with E-state index in [0.29, 0.717) is 25.9 Å². The smallest absolute Gasteiger partial charge is 0.321 e. The Bertz CT molecular complexity index is 972. The summed E-state index contributed by atoms with van der Waals surface area (Å²) in [5.41, 5.74) is 3.15. The molecule has 0 radical (unpaired) electrons. The van der Waals surface area contributed by atoms with Crippen LogP contribution in [0.25, 0.3) is 0 Å². The van der Waals surface area contributed by atoms with Crippen molar-refractivity contribution in [3.63, 3.8) is 0 Å². The van der Waals surface area contributed by atoms with Crippen LogP contribution in [0, 0.1) is 0 Å². The third-order valence-corrected chi connectivity index (χ3v) is 5.78. The van der Waals surface area contributed by atoms with Crippen LogP contribution in [-0.2, 0) is 30.6 Å². The number of carbonyl (C=O) groups is 1. The molecule has 0 amide bonds. The molecule has 1 atom stereocenters. The van der Waals surface area contributed by atoms with Gasteiger partial charge in [0.15, 0.2) is 0 Å². The lowest BCUT2D eigenvalue weighted by Crippen LogP contribution is -2.39. The van der Waals surface area contributed by atoms with Gasteiger partial charge in [-0.15, -0.1) is 0 Å². The molecule has 2 N–H and O–H groups in total. The number of benzene rings is 2. The standard InChI is InChI=1S/C25H30ClN3O2/c1-2-3-13-24-28-17-21(29(24)18-20-11-7-8-12-22(20)26)14-15-27-23(25(30)31)16-19-9-5-4-6-10-19/h4-12,17,23,27H,2-3,13-16,18H2,1H3,(H,30,31). The summed E-state index contributed by atoms with van der Waals surface area (Å²) in [6.07, 6.45) is 6.17. The lowest BCUT2D eigenvalue weighted by Gasteiger charge is -2.16. The maximum absolute atomic E-state index is 11.7. The van der Waals surface area contributed by atoms with Crippen molar-refractivity contribution in [1.29, 1.82) is 0 Å². The second kappa shape index (κ2) is 11.7. The highest BCUT2D eigenvalue weighted by atomic mass is 35.5. The van der Waals surface area contributed by atoms with Crippen molar-refractivity contribution in [1.82, 2.24) is 14.9 Å². The predicted octanol–water partition coefficient (Wildman–Crippen LogP) is 4.76. The van der Waals surface area contributed by atoms with Crippen LogP contribution in [-0.4, -0.2) is 33.2 Å². The Hall–Kier alpha value is -2.63. The van der Waals surface area contributed by atoms with E-state index in [1.165, 1.54) is 0 Å². The lowest BCUT2D eigenvalue weighted by molar-refractivity contribution is -0.139. The number of rotatable bonds is 12. The fraction of sp³-hybridized carbons (Fsp3) is 0.360. The number of aryl methyl sites for hydroxylation is 1. The first-order valence-corrected chi connectivity index (χ1v) is 11.2. The summed E-state index contributed by atoms with van der Waals surface area (Å²) in [5, 5.41) is 13.6. The van der Waals surface area contributed by atoms with Crippen molar-refractivity contribution in [2.24, 2.45) is 0 Å². The molecule has 0 saturated heterocycles. The van der Waals surface area contributed by atoms with Crippen LogP contribution < -0.4 is 5.32 Å². The molecule has 6 heteroatoms. The molecule has 0 aliphatic rings. The van der Waals surface area contributed by atoms with Crippen LogP contribution in [0.1, 0.15) is 42.4 Å². The summed E-state index contributed by atoms with van der Waals surface area (Å²) in [5.74, 6) is 0.216. The van der Waals surface area contributed by atoms with Gasteiger partial charge in [0, 0.05) is 36.3 Å². The summed E-state index contributed by atoms with van der Waals surface area (Å²) in [6.45, 7) is 3.40. The molecule has 0 aliphatic heterocycles. The minimum absolute atomic E-state index is 0.455. The van der Waals surface area contributed by atoms with Gasteiger partial charge in [-0.1, -0.05) is 73.5 Å². The van der Waals surface area contributed by atoms with E-state index in [-0.39, 0.29) is 0 Å². The molecule has 5 nitrogen and oxygen atoms in total. The van der Waals surface area contributed by atoms with Crippen LogP contribution in [0.4, 0.5) is 0 Å². The quantitative estimate of drug-likeness (QED) is 0.427. The number of aromatic nitrogens is 2. The van der Waals surface area contributed by atoms with Gasteiger partial charge in [-0.25, -0.2) is 4.98 Å². The van der Waals surface area contributed by atoms with Crippen molar-refractivity contribution in [3.8, 4) is 0 Å². The Morgan fingerprint density at radius 1 is 1.13 bits per heavy atom. The van der Waals surface area contributed by atoms with Crippen LogP contribution in [0.15, 0.2) is 60.8 Å². The van der Waals surface area contributed by atoms with Gasteiger partial charge >= 0.3 is 5.97 Å². The average Bonchev–Trinajstić information content (AvgIpc) is 3.15. The monoisotopic (exact) mass is 439 g/mol. The van der Waals surface area contributed by atoms with Gasteiger partial charge < -0.3 is 15.0 Å². The van der Waals surface area contributed by atoms with Crippen molar-refractivity contribution in [2.75, 3.05) is 6.54 Å². The molecule has 0 saturated carbocycles. The predicted molar refractivity (Wildman–Crippen MR) is 125 cm³/mol. The number of aliphatic carboxylic acids is 1. The second-order valence-corrected chi connectivity index (χ2v) is 8.14. The molecule has 164 valence electrons. The number of carboxylic acid groups (broad SMARTS) is 1. The fourth-order valence-corrected chi connectivity index (χ4v) is 3.84. The molecule has 1 aromatic heterocycles. The Kier molecular flexibility index (Phi) is 8.68. The van der Waals surface area contributed by atoms with Crippen LogP contribution >= 0.6 is 11.6 Å². The number of hydrogen-bond donors (Lipinski definition) is 2. The number of carboxylic acids is 1. The molecule has 1 heterocycles. The zero-order valence-electron chi connectivity index (χ0n) is 17.9. The number of unbranched alkanes of at least 4 members (excludes halogenated alkanes) is 1. The molecule has 2 aromatic carbocycles. The average molecular weight is 440 g/mol. The van der Waals surface area contributed by atoms with Gasteiger partial charge in [-0.05, 0) is 30.0 Å². The Labute approximate surface area is 189 Å². The number of halogens is 1. The van der Waals surface area contributed by atoms with Crippen molar-refractivity contribution < 1.29 is 9.90 Å². The summed E-state index contributed by atoms with van der Waals surface area (Å²) in [6, 6.07) is 16.9. The SMILES string of the molecule is CCCCc1ncc(CCNC(Cc2ccccc2)C(=O)O)n1Cc1ccccc1Cl. The third-order valence-electron chi connectivity index (χ3n) is 5.41. The summed E-state index contributed by atoms with van der Waals surface area (Å²) >= 11 is 6.40. The van der Waals surface area contributed by atoms with Crippen LogP contribution in [0.3, 0.4) is 0 Å². The number of nitrogens with zero attached hydrogens (tertiary/aromatic N) is 2. The molecule has 0 aliphatic carbocycles. The van der Waals surface area contributed by atoms with Gasteiger partial charge in [-0.2, -0.15) is 0 Å². The fourth-order valence-electron chi connectivity index (χ4n) is 3.65. The highest BCUT2D eigenvalue weighted by Crippen LogP contribution is 2.19. The number of nitrogens with one attached hydrogen (secondary N) is 1. The molecule has 3 rings (SSSR count). The minimum Gasteiger partial charge on any atom is -0.480 e. The molecule has 0 bridgehead atoms. The Morgan fingerprint density at radius 2 is 1.87 bits per heavy atom. The maximum atomic E-state index is 11.7. The molecule has 0 spiro atoms. The molecule has 0 fully saturated rings. The first-order valence-electron chi connectivity index (χ1n) is 10.8. The van der Waals surface area contributed by atoms with E-state index in [1.54, 1.807) is 0 Å². The highest BCUT2D eigenvalue weighted by molar-refractivity contribution is 6.31. The van der Waals surface area contributed by atoms with Crippen molar-refractivity contribution in [3.05, 3.63) is 88.5 Å². The first kappa shape index (κ1) is 23.0. The molecular formula is C25H30ClN3O2. The molecule has 31 heavy (non-hydrogen) atoms. The number of imidazole rings is 1. The van der Waals surface area contributed by atoms with Gasteiger partial charge in [0.05, 0.1) is 6.54 Å². The van der Waals surface area contributed by atoms with Crippen LogP contribution in [0.2, 0.25) is 5.02 Å². The number of hydrogen-bond acceptors (Lipinski definition) is 3. The highest BCUT2D eigenvalue weighted by Gasteiger charge is 2.18. The zero-order valence-corrected chi connectivity index (χ0v) is 18.7. The summed E-state index contributed by atoms with van der Waals surface area (Å²) in [7, 11) is 0. The van der Waals surface area contributed by atoms with E-state index >= 15 is 0 Å².